The highest BCUT2D eigenvalue weighted by Gasteiger charge is 1.97. The summed E-state index contributed by atoms with van der Waals surface area (Å²) in [5.74, 6) is 0. The zero-order valence-electron chi connectivity index (χ0n) is 5.93. The molecule has 1 rings (SSSR count). The molecule has 0 amide bonds. The minimum Gasteiger partial charge on any atom is -0.737 e. The van der Waals surface area contributed by atoms with Crippen molar-refractivity contribution in [3.05, 3.63) is 34.3 Å². The molecule has 0 spiro atoms. The summed E-state index contributed by atoms with van der Waals surface area (Å²) in [6.45, 7) is 1.81. The molecule has 0 heterocycles. The first-order valence-electron chi connectivity index (χ1n) is 3.09. The first kappa shape index (κ1) is 8.50. The van der Waals surface area contributed by atoms with Gasteiger partial charge in [0, 0.05) is 10.1 Å². The zero-order valence-corrected chi connectivity index (χ0v) is 7.50. The Morgan fingerprint density at radius 1 is 1.55 bits per heavy atom. The summed E-state index contributed by atoms with van der Waals surface area (Å²) in [5, 5.41) is 0.293. The maximum atomic E-state index is 10.7. The van der Waals surface area contributed by atoms with E-state index < -0.39 is 0 Å². The quantitative estimate of drug-likeness (QED) is 0.625. The van der Waals surface area contributed by atoms with Crippen LogP contribution in [0.15, 0.2) is 18.2 Å². The normalized spacial score (nSPS) is 9.64. The van der Waals surface area contributed by atoms with Crippen LogP contribution in [0.5, 0.6) is 0 Å². The summed E-state index contributed by atoms with van der Waals surface area (Å²) in [4.78, 5) is 10.7. The number of benzene rings is 1. The number of aryl methyl sites for hydroxylation is 1. The van der Waals surface area contributed by atoms with Crippen molar-refractivity contribution in [2.75, 3.05) is 0 Å². The Hall–Kier alpha value is -0.600. The Bertz CT molecular complexity index is 296. The molecule has 1 nitrogen and oxygen atoms in total. The van der Waals surface area contributed by atoms with Crippen molar-refractivity contribution in [1.82, 2.24) is 0 Å². The van der Waals surface area contributed by atoms with E-state index in [0.717, 1.165) is 5.56 Å². The summed E-state index contributed by atoms with van der Waals surface area (Å²) < 4.78 is 0. The largest absolute Gasteiger partial charge is 0.737 e. The SMILES string of the molecule is Cc1cc(Cl)ccc1C(=O)[S-]. The molecule has 1 aromatic carbocycles. The molecule has 0 aliphatic heterocycles. The summed E-state index contributed by atoms with van der Waals surface area (Å²) in [5.41, 5.74) is 1.39. The molecular formula is C8H6ClOS-. The molecule has 0 bridgehead atoms. The molecule has 0 aromatic heterocycles. The Morgan fingerprint density at radius 3 is 2.64 bits per heavy atom. The van der Waals surface area contributed by atoms with Gasteiger partial charge in [-0.15, -0.1) is 0 Å². The second-order valence-corrected chi connectivity index (χ2v) is 3.05. The molecule has 0 radical (unpaired) electrons. The number of halogens is 1. The van der Waals surface area contributed by atoms with E-state index in [2.05, 4.69) is 12.6 Å². The molecule has 3 heteroatoms. The van der Waals surface area contributed by atoms with Crippen molar-refractivity contribution in [2.45, 2.75) is 6.92 Å². The molecular weight excluding hydrogens is 180 g/mol. The third kappa shape index (κ3) is 1.91. The first-order valence-corrected chi connectivity index (χ1v) is 3.87. The standard InChI is InChI=1S/C8H7ClOS/c1-5-4-6(9)2-3-7(5)8(10)11/h2-4H,1H3,(H,10,11)/p-1. The van der Waals surface area contributed by atoms with E-state index in [1.54, 1.807) is 18.2 Å². The van der Waals surface area contributed by atoms with Crippen LogP contribution in [0.25, 0.3) is 0 Å². The number of carbonyl (C=O) groups is 1. The van der Waals surface area contributed by atoms with Gasteiger partial charge in [0.2, 0.25) is 0 Å². The van der Waals surface area contributed by atoms with Crippen LogP contribution in [-0.4, -0.2) is 5.12 Å². The molecule has 0 saturated heterocycles. The van der Waals surface area contributed by atoms with Crippen molar-refractivity contribution in [2.24, 2.45) is 0 Å². The summed E-state index contributed by atoms with van der Waals surface area (Å²) in [6, 6.07) is 5.03. The van der Waals surface area contributed by atoms with E-state index in [1.807, 2.05) is 6.92 Å². The fraction of sp³-hybridized carbons (Fsp3) is 0.125. The van der Waals surface area contributed by atoms with Gasteiger partial charge in [-0.1, -0.05) is 17.7 Å². The highest BCUT2D eigenvalue weighted by atomic mass is 35.5. The van der Waals surface area contributed by atoms with E-state index in [9.17, 15) is 4.79 Å². The van der Waals surface area contributed by atoms with Gasteiger partial charge in [-0.05, 0) is 30.2 Å². The fourth-order valence-electron chi connectivity index (χ4n) is 0.856. The van der Waals surface area contributed by atoms with Crippen LogP contribution in [0.3, 0.4) is 0 Å². The van der Waals surface area contributed by atoms with Crippen molar-refractivity contribution >= 4 is 29.3 Å². The maximum absolute atomic E-state index is 10.7. The average molecular weight is 186 g/mol. The fourth-order valence-corrected chi connectivity index (χ4v) is 1.31. The van der Waals surface area contributed by atoms with Gasteiger partial charge >= 0.3 is 0 Å². The predicted molar refractivity (Wildman–Crippen MR) is 47.9 cm³/mol. The van der Waals surface area contributed by atoms with Crippen LogP contribution in [0.1, 0.15) is 15.9 Å². The van der Waals surface area contributed by atoms with Crippen LogP contribution in [0.2, 0.25) is 5.02 Å². The van der Waals surface area contributed by atoms with E-state index in [0.29, 0.717) is 10.6 Å². The van der Waals surface area contributed by atoms with Gasteiger partial charge in [0.15, 0.2) is 0 Å². The lowest BCUT2D eigenvalue weighted by atomic mass is 10.1. The van der Waals surface area contributed by atoms with E-state index in [1.165, 1.54) is 0 Å². The van der Waals surface area contributed by atoms with Crippen molar-refractivity contribution in [3.63, 3.8) is 0 Å². The van der Waals surface area contributed by atoms with Gasteiger partial charge in [-0.25, -0.2) is 0 Å². The Balaban J connectivity index is 3.20. The summed E-state index contributed by atoms with van der Waals surface area (Å²) in [7, 11) is 0. The van der Waals surface area contributed by atoms with Crippen molar-refractivity contribution in [3.8, 4) is 0 Å². The molecule has 0 N–H and O–H groups in total. The smallest absolute Gasteiger partial charge is 0.0424 e. The monoisotopic (exact) mass is 185 g/mol. The molecule has 0 unspecified atom stereocenters. The third-order valence-corrected chi connectivity index (χ3v) is 1.86. The third-order valence-electron chi connectivity index (χ3n) is 1.41. The van der Waals surface area contributed by atoms with Gasteiger partial charge in [0.05, 0.1) is 0 Å². The van der Waals surface area contributed by atoms with E-state index in [4.69, 9.17) is 11.6 Å². The van der Waals surface area contributed by atoms with Crippen LogP contribution in [0, 0.1) is 6.92 Å². The van der Waals surface area contributed by atoms with E-state index in [-0.39, 0.29) is 5.12 Å². The number of hydrogen-bond donors (Lipinski definition) is 0. The van der Waals surface area contributed by atoms with Gasteiger partial charge < -0.3 is 17.4 Å². The molecule has 0 aliphatic carbocycles. The lowest BCUT2D eigenvalue weighted by molar-refractivity contribution is 0.109. The van der Waals surface area contributed by atoms with Gasteiger partial charge in [0.25, 0.3) is 0 Å². The lowest BCUT2D eigenvalue weighted by Crippen LogP contribution is -1.95. The van der Waals surface area contributed by atoms with E-state index >= 15 is 0 Å². The van der Waals surface area contributed by atoms with Gasteiger partial charge in [-0.3, -0.25) is 0 Å². The van der Waals surface area contributed by atoms with Crippen LogP contribution in [-0.2, 0) is 12.6 Å². The molecule has 1 aromatic rings. The minimum absolute atomic E-state index is 0.334. The maximum Gasteiger partial charge on any atom is 0.0424 e. The number of hydrogen-bond acceptors (Lipinski definition) is 2. The highest BCUT2D eigenvalue weighted by molar-refractivity contribution is 7.77. The molecule has 58 valence electrons. The zero-order chi connectivity index (χ0) is 8.43. The van der Waals surface area contributed by atoms with Crippen molar-refractivity contribution < 1.29 is 4.79 Å². The summed E-state index contributed by atoms with van der Waals surface area (Å²) >= 11 is 10.2. The predicted octanol–water partition coefficient (Wildman–Crippen LogP) is 2.34. The highest BCUT2D eigenvalue weighted by Crippen LogP contribution is 2.14. The Morgan fingerprint density at radius 2 is 2.18 bits per heavy atom. The molecule has 0 saturated carbocycles. The Labute approximate surface area is 75.8 Å². The Kier molecular flexibility index (Phi) is 2.47. The second kappa shape index (κ2) is 3.20. The summed E-state index contributed by atoms with van der Waals surface area (Å²) in [6.07, 6.45) is 0. The second-order valence-electron chi connectivity index (χ2n) is 2.25. The van der Waals surface area contributed by atoms with Crippen LogP contribution in [0.4, 0.5) is 0 Å². The van der Waals surface area contributed by atoms with Gasteiger partial charge in [-0.2, -0.15) is 0 Å². The first-order chi connectivity index (χ1) is 5.11. The molecule has 11 heavy (non-hydrogen) atoms. The molecule has 0 fully saturated rings. The number of rotatable bonds is 1. The average Bonchev–Trinajstić information content (AvgIpc) is 1.85. The van der Waals surface area contributed by atoms with Crippen LogP contribution < -0.4 is 0 Å². The minimum atomic E-state index is -0.334. The van der Waals surface area contributed by atoms with Crippen LogP contribution >= 0.6 is 11.6 Å². The number of carbonyl (C=O) groups excluding carboxylic acids is 1. The van der Waals surface area contributed by atoms with Crippen molar-refractivity contribution in [1.29, 1.82) is 0 Å². The molecule has 0 atom stereocenters. The topological polar surface area (TPSA) is 17.1 Å². The van der Waals surface area contributed by atoms with Gasteiger partial charge in [0.1, 0.15) is 0 Å². The molecule has 0 aliphatic rings. The lowest BCUT2D eigenvalue weighted by Gasteiger charge is -2.07.